The number of hydrogen-bond acceptors (Lipinski definition) is 5. The van der Waals surface area contributed by atoms with Crippen molar-refractivity contribution in [2.45, 2.75) is 32.7 Å². The summed E-state index contributed by atoms with van der Waals surface area (Å²) in [6, 6.07) is 4.17. The van der Waals surface area contributed by atoms with Crippen LogP contribution >= 0.6 is 22.7 Å². The van der Waals surface area contributed by atoms with Gasteiger partial charge in [0.1, 0.15) is 5.52 Å². The Hall–Kier alpha value is -1.53. The Kier molecular flexibility index (Phi) is 5.00. The number of nitrogens with zero attached hydrogens (tertiary/aromatic N) is 2. The van der Waals surface area contributed by atoms with Crippen LogP contribution in [0.5, 0.6) is 0 Å². The Morgan fingerprint density at radius 2 is 2.23 bits per heavy atom. The van der Waals surface area contributed by atoms with Crippen LogP contribution in [0.15, 0.2) is 23.7 Å². The van der Waals surface area contributed by atoms with Crippen LogP contribution in [0.1, 0.15) is 28.2 Å². The second-order valence-corrected chi connectivity index (χ2v) is 7.30. The molecule has 0 aliphatic rings. The molecule has 0 bridgehead atoms. The minimum Gasteiger partial charge on any atom is -0.378 e. The van der Waals surface area contributed by atoms with Gasteiger partial charge in [-0.1, -0.05) is 6.07 Å². The molecule has 3 aromatic rings. The maximum absolute atomic E-state index is 12.3. The van der Waals surface area contributed by atoms with E-state index in [1.165, 1.54) is 15.3 Å². The minimum atomic E-state index is -0.239. The third-order valence-electron chi connectivity index (χ3n) is 3.62. The molecule has 0 unspecified atom stereocenters. The van der Waals surface area contributed by atoms with Gasteiger partial charge >= 0.3 is 0 Å². The van der Waals surface area contributed by atoms with Gasteiger partial charge in [-0.25, -0.2) is 0 Å². The number of halogens is 1. The number of aromatic nitrogens is 2. The van der Waals surface area contributed by atoms with Crippen molar-refractivity contribution in [1.82, 2.24) is 10.2 Å². The third kappa shape index (κ3) is 3.28. The van der Waals surface area contributed by atoms with Crippen LogP contribution in [-0.2, 0) is 13.0 Å². The number of alkyl halides is 1. The van der Waals surface area contributed by atoms with Gasteiger partial charge in [-0.2, -0.15) is 5.10 Å². The summed E-state index contributed by atoms with van der Waals surface area (Å²) < 4.78 is 13.4. The number of fused-ring (bicyclic) bond motifs is 1. The van der Waals surface area contributed by atoms with Gasteiger partial charge in [-0.3, -0.25) is 4.39 Å². The van der Waals surface area contributed by atoms with Gasteiger partial charge in [0.15, 0.2) is 0 Å². The molecule has 22 heavy (non-hydrogen) atoms. The van der Waals surface area contributed by atoms with E-state index in [0.29, 0.717) is 6.42 Å². The molecule has 0 fully saturated rings. The van der Waals surface area contributed by atoms with Gasteiger partial charge in [-0.15, -0.1) is 27.8 Å². The maximum Gasteiger partial charge on any atom is 0.109 e. The monoisotopic (exact) mass is 335 g/mol. The van der Waals surface area contributed by atoms with Crippen molar-refractivity contribution in [3.05, 3.63) is 39.0 Å². The van der Waals surface area contributed by atoms with E-state index in [1.54, 1.807) is 28.9 Å². The molecular formula is C16H18FN3S2. The topological polar surface area (TPSA) is 37.8 Å². The van der Waals surface area contributed by atoms with Gasteiger partial charge in [0.25, 0.3) is 0 Å². The summed E-state index contributed by atoms with van der Waals surface area (Å²) in [6.07, 6.45) is 4.22. The summed E-state index contributed by atoms with van der Waals surface area (Å²) in [5, 5.41) is 13.9. The van der Waals surface area contributed by atoms with Crippen LogP contribution in [0.25, 0.3) is 10.2 Å². The first-order chi connectivity index (χ1) is 10.8. The minimum absolute atomic E-state index is 0.239. The van der Waals surface area contributed by atoms with Crippen molar-refractivity contribution in [3.63, 3.8) is 0 Å². The molecule has 3 aromatic heterocycles. The number of hydrogen-bond donors (Lipinski definition) is 1. The highest BCUT2D eigenvalue weighted by Crippen LogP contribution is 2.35. The molecule has 0 aliphatic carbocycles. The van der Waals surface area contributed by atoms with Crippen molar-refractivity contribution >= 4 is 38.6 Å². The number of aryl methyl sites for hydroxylation is 2. The average Bonchev–Trinajstić information content (AvgIpc) is 3.15. The van der Waals surface area contributed by atoms with E-state index >= 15 is 0 Å². The molecule has 0 aromatic carbocycles. The molecule has 0 amide bonds. The van der Waals surface area contributed by atoms with Crippen molar-refractivity contribution in [3.8, 4) is 0 Å². The number of unbranched alkanes of at least 4 members (excludes halogenated alkanes) is 1. The molecule has 0 saturated heterocycles. The highest BCUT2D eigenvalue weighted by Gasteiger charge is 2.13. The molecule has 0 saturated carbocycles. The molecule has 3 nitrogen and oxygen atoms in total. The summed E-state index contributed by atoms with van der Waals surface area (Å²) >= 11 is 3.49. The van der Waals surface area contributed by atoms with Crippen LogP contribution in [0.3, 0.4) is 0 Å². The summed E-state index contributed by atoms with van der Waals surface area (Å²) in [4.78, 5) is 2.59. The van der Waals surface area contributed by atoms with Crippen LogP contribution in [0, 0.1) is 6.92 Å². The molecule has 6 heteroatoms. The zero-order chi connectivity index (χ0) is 15.4. The SMILES string of the molecule is Cc1c(CCCCF)sc2c(NCc3cccs3)cnnc12. The highest BCUT2D eigenvalue weighted by atomic mass is 32.1. The quantitative estimate of drug-likeness (QED) is 0.620. The van der Waals surface area contributed by atoms with Crippen molar-refractivity contribution in [2.75, 3.05) is 12.0 Å². The predicted octanol–water partition coefficient (Wildman–Crippen LogP) is 4.97. The third-order valence-corrected chi connectivity index (χ3v) is 5.87. The van der Waals surface area contributed by atoms with Gasteiger partial charge in [-0.05, 0) is 43.2 Å². The van der Waals surface area contributed by atoms with E-state index in [4.69, 9.17) is 0 Å². The Morgan fingerprint density at radius 3 is 3.00 bits per heavy atom. The van der Waals surface area contributed by atoms with E-state index in [1.807, 2.05) is 0 Å². The average molecular weight is 335 g/mol. The Balaban J connectivity index is 1.82. The number of anilines is 1. The summed E-state index contributed by atoms with van der Waals surface area (Å²) in [5.74, 6) is 0. The molecule has 116 valence electrons. The number of rotatable bonds is 7. The number of thiophene rings is 2. The smallest absolute Gasteiger partial charge is 0.109 e. The van der Waals surface area contributed by atoms with Crippen LogP contribution in [0.2, 0.25) is 0 Å². The van der Waals surface area contributed by atoms with E-state index < -0.39 is 0 Å². The fourth-order valence-electron chi connectivity index (χ4n) is 2.40. The standard InChI is InChI=1S/C16H18FN3S2/c1-11-14(6-2-3-7-17)22-16-13(10-19-20-15(11)16)18-9-12-5-4-8-21-12/h4-5,8,10H,2-3,6-7,9H2,1H3,(H,18,20). The summed E-state index contributed by atoms with van der Waals surface area (Å²) in [6.45, 7) is 2.64. The Bertz CT molecular complexity index is 737. The Morgan fingerprint density at radius 1 is 1.32 bits per heavy atom. The van der Waals surface area contributed by atoms with Gasteiger partial charge in [0.05, 0.1) is 23.3 Å². The molecule has 0 spiro atoms. The normalized spacial score (nSPS) is 11.2. The van der Waals surface area contributed by atoms with E-state index in [0.717, 1.165) is 35.3 Å². The first-order valence-corrected chi connectivity index (χ1v) is 9.05. The lowest BCUT2D eigenvalue weighted by molar-refractivity contribution is 0.462. The molecular weight excluding hydrogens is 317 g/mol. The molecule has 0 atom stereocenters. The van der Waals surface area contributed by atoms with Gasteiger partial charge < -0.3 is 5.32 Å². The van der Waals surface area contributed by atoms with Crippen LogP contribution < -0.4 is 5.32 Å². The van der Waals surface area contributed by atoms with Crippen molar-refractivity contribution < 1.29 is 4.39 Å². The molecule has 3 rings (SSSR count). The molecule has 0 radical (unpaired) electrons. The zero-order valence-electron chi connectivity index (χ0n) is 12.4. The first-order valence-electron chi connectivity index (χ1n) is 7.35. The molecule has 3 heterocycles. The highest BCUT2D eigenvalue weighted by molar-refractivity contribution is 7.19. The predicted molar refractivity (Wildman–Crippen MR) is 92.7 cm³/mol. The van der Waals surface area contributed by atoms with E-state index in [-0.39, 0.29) is 6.67 Å². The second kappa shape index (κ2) is 7.15. The zero-order valence-corrected chi connectivity index (χ0v) is 14.1. The lowest BCUT2D eigenvalue weighted by atomic mass is 10.1. The summed E-state index contributed by atoms with van der Waals surface area (Å²) in [7, 11) is 0. The van der Waals surface area contributed by atoms with Gasteiger partial charge in [0.2, 0.25) is 0 Å². The lowest BCUT2D eigenvalue weighted by Gasteiger charge is -2.04. The molecule has 1 N–H and O–H groups in total. The van der Waals surface area contributed by atoms with Crippen molar-refractivity contribution in [1.29, 1.82) is 0 Å². The van der Waals surface area contributed by atoms with Gasteiger partial charge in [0, 0.05) is 16.3 Å². The van der Waals surface area contributed by atoms with E-state index in [2.05, 4.69) is 40.0 Å². The fraction of sp³-hybridized carbons (Fsp3) is 0.375. The van der Waals surface area contributed by atoms with Crippen LogP contribution in [0.4, 0.5) is 10.1 Å². The number of nitrogens with one attached hydrogen (secondary N) is 1. The molecule has 0 aliphatic heterocycles. The first kappa shape index (κ1) is 15.4. The van der Waals surface area contributed by atoms with Crippen molar-refractivity contribution in [2.24, 2.45) is 0 Å². The van der Waals surface area contributed by atoms with Crippen LogP contribution in [-0.4, -0.2) is 16.9 Å². The second-order valence-electron chi connectivity index (χ2n) is 5.17. The fourth-order valence-corrected chi connectivity index (χ4v) is 4.31. The lowest BCUT2D eigenvalue weighted by Crippen LogP contribution is -1.98. The Labute approximate surface area is 137 Å². The largest absolute Gasteiger partial charge is 0.378 e. The summed E-state index contributed by atoms with van der Waals surface area (Å²) in [5.41, 5.74) is 3.19. The maximum atomic E-state index is 12.3. The van der Waals surface area contributed by atoms with E-state index in [9.17, 15) is 4.39 Å².